The van der Waals surface area contributed by atoms with E-state index in [2.05, 4.69) is 39.0 Å². The molecule has 1 aliphatic carbocycles. The molecule has 5 rings (SSSR count). The first-order valence-corrected chi connectivity index (χ1v) is 11.6. The lowest BCUT2D eigenvalue weighted by atomic mass is 9.80. The first kappa shape index (κ1) is 22.2. The van der Waals surface area contributed by atoms with Crippen LogP contribution in [-0.2, 0) is 22.0 Å². The average Bonchev–Trinajstić information content (AvgIpc) is 3.49. The topological polar surface area (TPSA) is 78.6 Å². The number of carbonyl (C=O) groups is 2. The van der Waals surface area contributed by atoms with Crippen molar-refractivity contribution in [3.8, 4) is 22.6 Å². The Labute approximate surface area is 202 Å². The van der Waals surface area contributed by atoms with Gasteiger partial charge in [0.2, 0.25) is 12.7 Å². The molecule has 2 N–H and O–H groups in total. The molecule has 0 spiro atoms. The zero-order valence-corrected chi connectivity index (χ0v) is 19.8. The number of ether oxygens (including phenoxy) is 2. The zero-order chi connectivity index (χ0) is 24.1. The normalized spacial score (nSPS) is 15.7. The number of Topliss-reactive ketones (excluding diaryl/α,β-unsaturated/α-hetero) is 1. The molecule has 1 aliphatic heterocycles. The molecule has 2 aliphatic rings. The number of nitrogens with two attached hydrogens (primary N) is 1. The minimum absolute atomic E-state index is 0. The number of ketones is 1. The van der Waals surface area contributed by atoms with Gasteiger partial charge in [-0.05, 0) is 70.3 Å². The Kier molecular flexibility index (Phi) is 5.23. The van der Waals surface area contributed by atoms with Crippen LogP contribution in [-0.4, -0.2) is 18.5 Å². The summed E-state index contributed by atoms with van der Waals surface area (Å²) < 4.78 is 11.0. The molecule has 1 amide bonds. The van der Waals surface area contributed by atoms with Crippen LogP contribution in [0.25, 0.3) is 11.1 Å². The predicted octanol–water partition coefficient (Wildman–Crippen LogP) is 5.81. The van der Waals surface area contributed by atoms with Gasteiger partial charge in [0.15, 0.2) is 11.5 Å². The lowest BCUT2D eigenvalue weighted by molar-refractivity contribution is -0.120. The number of primary amides is 1. The molecule has 0 aromatic heterocycles. The van der Waals surface area contributed by atoms with E-state index in [0.717, 1.165) is 46.4 Å². The van der Waals surface area contributed by atoms with Crippen LogP contribution in [0.1, 0.15) is 63.5 Å². The molecule has 34 heavy (non-hydrogen) atoms. The Balaban J connectivity index is 0.00000180. The summed E-state index contributed by atoms with van der Waals surface area (Å²) in [5.41, 5.74) is 10.5. The van der Waals surface area contributed by atoms with E-state index in [0.29, 0.717) is 17.7 Å². The number of fused-ring (bicyclic) bond motifs is 1. The van der Waals surface area contributed by atoms with Crippen molar-refractivity contribution in [3.63, 3.8) is 0 Å². The minimum atomic E-state index is -0.454. The van der Waals surface area contributed by atoms with E-state index >= 15 is 0 Å². The largest absolute Gasteiger partial charge is 0.454 e. The molecular formula is C29H33NO4. The van der Waals surface area contributed by atoms with Crippen LogP contribution in [0, 0.1) is 0 Å². The van der Waals surface area contributed by atoms with Crippen LogP contribution in [0.2, 0.25) is 0 Å². The summed E-state index contributed by atoms with van der Waals surface area (Å²) >= 11 is 0. The first-order valence-electron chi connectivity index (χ1n) is 11.6. The van der Waals surface area contributed by atoms with Crippen LogP contribution >= 0.6 is 0 Å². The summed E-state index contributed by atoms with van der Waals surface area (Å²) in [7, 11) is 0. The maximum Gasteiger partial charge on any atom is 0.248 e. The van der Waals surface area contributed by atoms with Gasteiger partial charge in [-0.1, -0.05) is 57.2 Å². The number of benzene rings is 3. The molecule has 5 nitrogen and oxygen atoms in total. The summed E-state index contributed by atoms with van der Waals surface area (Å²) in [5.74, 6) is 1.20. The highest BCUT2D eigenvalue weighted by atomic mass is 16.7. The van der Waals surface area contributed by atoms with Crippen molar-refractivity contribution in [2.24, 2.45) is 5.73 Å². The molecule has 1 fully saturated rings. The van der Waals surface area contributed by atoms with Gasteiger partial charge < -0.3 is 15.2 Å². The Morgan fingerprint density at radius 1 is 0.971 bits per heavy atom. The number of carbonyl (C=O) groups excluding carboxylic acids is 2. The number of amides is 1. The highest BCUT2D eigenvalue weighted by Gasteiger charge is 2.50. The van der Waals surface area contributed by atoms with Gasteiger partial charge in [-0.2, -0.15) is 0 Å². The molecule has 0 radical (unpaired) electrons. The van der Waals surface area contributed by atoms with E-state index in [1.807, 2.05) is 36.4 Å². The van der Waals surface area contributed by atoms with Crippen molar-refractivity contribution in [3.05, 3.63) is 82.9 Å². The fourth-order valence-corrected chi connectivity index (χ4v) is 4.84. The minimum Gasteiger partial charge on any atom is -0.454 e. The molecule has 0 atom stereocenters. The van der Waals surface area contributed by atoms with Gasteiger partial charge in [0.05, 0.1) is 5.41 Å². The molecule has 3 aromatic rings. The van der Waals surface area contributed by atoms with Crippen LogP contribution in [0.5, 0.6) is 11.5 Å². The van der Waals surface area contributed by atoms with E-state index in [4.69, 9.17) is 15.2 Å². The zero-order valence-electron chi connectivity index (χ0n) is 19.8. The lowest BCUT2D eigenvalue weighted by Gasteiger charge is -2.24. The smallest absolute Gasteiger partial charge is 0.248 e. The van der Waals surface area contributed by atoms with Gasteiger partial charge in [-0.3, -0.25) is 9.59 Å². The first-order chi connectivity index (χ1) is 16.2. The summed E-state index contributed by atoms with van der Waals surface area (Å²) in [6.07, 6.45) is 2.04. The van der Waals surface area contributed by atoms with Crippen molar-refractivity contribution < 1.29 is 21.9 Å². The molecule has 5 heteroatoms. The summed E-state index contributed by atoms with van der Waals surface area (Å²) in [6.45, 7) is 6.70. The van der Waals surface area contributed by atoms with Crippen LogP contribution < -0.4 is 15.2 Å². The van der Waals surface area contributed by atoms with E-state index in [9.17, 15) is 9.59 Å². The maximum atomic E-state index is 13.5. The van der Waals surface area contributed by atoms with E-state index in [1.54, 1.807) is 6.07 Å². The third-order valence-electron chi connectivity index (χ3n) is 6.92. The molecular weight excluding hydrogens is 426 g/mol. The average molecular weight is 460 g/mol. The summed E-state index contributed by atoms with van der Waals surface area (Å²) in [5, 5.41) is 0. The number of rotatable bonds is 6. The second kappa shape index (κ2) is 8.01. The number of hydrogen-bond acceptors (Lipinski definition) is 4. The summed E-state index contributed by atoms with van der Waals surface area (Å²) in [4.78, 5) is 25.3. The third kappa shape index (κ3) is 3.96. The Bertz CT molecular complexity index is 1310. The van der Waals surface area contributed by atoms with E-state index < -0.39 is 11.3 Å². The van der Waals surface area contributed by atoms with Crippen molar-refractivity contribution in [1.82, 2.24) is 0 Å². The van der Waals surface area contributed by atoms with Crippen molar-refractivity contribution in [2.75, 3.05) is 6.79 Å². The third-order valence-corrected chi connectivity index (χ3v) is 6.92. The standard InChI is InChI=1S/C29H29NO4.2H2/c1-28(2,3)23-9-7-18(13-22(23)19-5-4-6-20(15-19)27(30)32)14-26(31)29(11-12-29)21-8-10-24-25(16-21)34-17-33-24;;/h4-10,13,15-16H,11-12,14,17H2,1-3H3,(H2,30,32);2*1H. The van der Waals surface area contributed by atoms with Crippen molar-refractivity contribution >= 4 is 11.7 Å². The SMILES string of the molecule is CC(C)(C)c1ccc(CC(=O)C2(c3ccc4c(c3)OCO4)CC2)cc1-c1cccc(C(N)=O)c1.[HH].[HH]. The van der Waals surface area contributed by atoms with Gasteiger partial charge >= 0.3 is 0 Å². The Hall–Kier alpha value is -3.60. The second-order valence-electron chi connectivity index (χ2n) is 10.3. The molecule has 3 aromatic carbocycles. The molecule has 1 heterocycles. The van der Waals surface area contributed by atoms with Gasteiger partial charge in [-0.25, -0.2) is 0 Å². The number of hydrogen-bond donors (Lipinski definition) is 1. The molecule has 0 saturated heterocycles. The maximum absolute atomic E-state index is 13.5. The van der Waals surface area contributed by atoms with Gasteiger partial charge in [0.1, 0.15) is 5.78 Å². The second-order valence-corrected chi connectivity index (χ2v) is 10.3. The van der Waals surface area contributed by atoms with Crippen LogP contribution in [0.3, 0.4) is 0 Å². The summed E-state index contributed by atoms with van der Waals surface area (Å²) in [6, 6.07) is 19.5. The fourth-order valence-electron chi connectivity index (χ4n) is 4.84. The van der Waals surface area contributed by atoms with E-state index in [-0.39, 0.29) is 20.8 Å². The molecule has 0 unspecified atom stereocenters. The van der Waals surface area contributed by atoms with E-state index in [1.165, 1.54) is 0 Å². The van der Waals surface area contributed by atoms with Crippen LogP contribution in [0.4, 0.5) is 0 Å². The highest BCUT2D eigenvalue weighted by molar-refractivity contribution is 5.96. The van der Waals surface area contributed by atoms with Gasteiger partial charge in [-0.15, -0.1) is 0 Å². The van der Waals surface area contributed by atoms with Gasteiger partial charge in [0.25, 0.3) is 0 Å². The van der Waals surface area contributed by atoms with Crippen molar-refractivity contribution in [1.29, 1.82) is 0 Å². The predicted molar refractivity (Wildman–Crippen MR) is 136 cm³/mol. The van der Waals surface area contributed by atoms with Crippen LogP contribution in [0.15, 0.2) is 60.7 Å². The molecule has 0 bridgehead atoms. The highest BCUT2D eigenvalue weighted by Crippen LogP contribution is 2.51. The Morgan fingerprint density at radius 3 is 2.44 bits per heavy atom. The molecule has 178 valence electrons. The fraction of sp³-hybridized carbons (Fsp3) is 0.310. The van der Waals surface area contributed by atoms with Gasteiger partial charge in [0, 0.05) is 14.8 Å². The quantitative estimate of drug-likeness (QED) is 0.504. The van der Waals surface area contributed by atoms with Crippen molar-refractivity contribution in [2.45, 2.75) is 50.9 Å². The Morgan fingerprint density at radius 2 is 1.74 bits per heavy atom. The lowest BCUT2D eigenvalue weighted by Crippen LogP contribution is -2.22. The molecule has 1 saturated carbocycles. The monoisotopic (exact) mass is 459 g/mol.